The fourth-order valence-corrected chi connectivity index (χ4v) is 3.72. The van der Waals surface area contributed by atoms with E-state index in [0.29, 0.717) is 26.2 Å². The van der Waals surface area contributed by atoms with Crippen molar-refractivity contribution in [1.29, 1.82) is 0 Å². The number of rotatable bonds is 6. The number of amides is 1. The summed E-state index contributed by atoms with van der Waals surface area (Å²) in [6.07, 6.45) is 2.71. The Kier molecular flexibility index (Phi) is 7.55. The molecule has 1 unspecified atom stereocenters. The Balaban J connectivity index is 0.00000243. The molecular formula is C19H29ClN2O4. The van der Waals surface area contributed by atoms with Crippen LogP contribution in [0.25, 0.3) is 0 Å². The number of hydrogen-bond acceptors (Lipinski definition) is 5. The summed E-state index contributed by atoms with van der Waals surface area (Å²) in [5, 5.41) is 6.52. The molecule has 1 saturated heterocycles. The van der Waals surface area contributed by atoms with Gasteiger partial charge in [0.1, 0.15) is 18.1 Å². The number of carbonyl (C=O) groups is 1. The van der Waals surface area contributed by atoms with Gasteiger partial charge in [-0.25, -0.2) is 0 Å². The Morgan fingerprint density at radius 2 is 2.12 bits per heavy atom. The zero-order valence-corrected chi connectivity index (χ0v) is 16.3. The van der Waals surface area contributed by atoms with Crippen molar-refractivity contribution in [3.63, 3.8) is 0 Å². The third kappa shape index (κ3) is 4.81. The molecule has 0 aromatic heterocycles. The standard InChI is InChI=1S/C19H28N2O4.ClH/c1-23-13-19(5-7-20-8-6-19)12-21-18(22)15-9-14-10-16(24-2)3-4-17(14)25-11-15;/h3-4,10,15,20H,5-9,11-13H2,1-2H3,(H,21,22);1H. The van der Waals surface area contributed by atoms with Gasteiger partial charge in [-0.05, 0) is 56.1 Å². The molecule has 7 heteroatoms. The maximum Gasteiger partial charge on any atom is 0.226 e. The van der Waals surface area contributed by atoms with Crippen LogP contribution in [0.2, 0.25) is 0 Å². The average molecular weight is 385 g/mol. The predicted octanol–water partition coefficient (Wildman–Crippen LogP) is 1.80. The first-order chi connectivity index (χ1) is 12.2. The van der Waals surface area contributed by atoms with Gasteiger partial charge in [0.2, 0.25) is 5.91 Å². The highest BCUT2D eigenvalue weighted by molar-refractivity contribution is 5.85. The van der Waals surface area contributed by atoms with Crippen molar-refractivity contribution < 1.29 is 19.0 Å². The maximum absolute atomic E-state index is 12.7. The number of nitrogens with one attached hydrogen (secondary N) is 2. The minimum atomic E-state index is -0.166. The molecule has 1 fully saturated rings. The molecule has 146 valence electrons. The van der Waals surface area contributed by atoms with E-state index >= 15 is 0 Å². The molecule has 2 aliphatic heterocycles. The van der Waals surface area contributed by atoms with Gasteiger partial charge in [0, 0.05) is 19.1 Å². The van der Waals surface area contributed by atoms with Gasteiger partial charge >= 0.3 is 0 Å². The van der Waals surface area contributed by atoms with Crippen molar-refractivity contribution >= 4 is 18.3 Å². The minimum Gasteiger partial charge on any atom is -0.497 e. The van der Waals surface area contributed by atoms with Crippen LogP contribution in [0.5, 0.6) is 11.5 Å². The first kappa shape index (κ1) is 20.8. The Labute approximate surface area is 161 Å². The molecule has 3 rings (SSSR count). The fourth-order valence-electron chi connectivity index (χ4n) is 3.72. The highest BCUT2D eigenvalue weighted by atomic mass is 35.5. The van der Waals surface area contributed by atoms with E-state index in [1.807, 2.05) is 18.2 Å². The van der Waals surface area contributed by atoms with Gasteiger partial charge in [-0.1, -0.05) is 0 Å². The lowest BCUT2D eigenvalue weighted by atomic mass is 9.79. The van der Waals surface area contributed by atoms with E-state index in [1.54, 1.807) is 14.2 Å². The van der Waals surface area contributed by atoms with E-state index in [0.717, 1.165) is 43.0 Å². The fraction of sp³-hybridized carbons (Fsp3) is 0.632. The molecule has 1 aromatic rings. The van der Waals surface area contributed by atoms with E-state index in [4.69, 9.17) is 14.2 Å². The number of ether oxygens (including phenoxy) is 3. The Bertz CT molecular complexity index is 600. The number of halogens is 1. The summed E-state index contributed by atoms with van der Waals surface area (Å²) in [5.41, 5.74) is 1.06. The van der Waals surface area contributed by atoms with Crippen molar-refractivity contribution in [3.05, 3.63) is 23.8 Å². The Morgan fingerprint density at radius 3 is 2.81 bits per heavy atom. The van der Waals surface area contributed by atoms with E-state index in [1.165, 1.54) is 0 Å². The molecule has 2 N–H and O–H groups in total. The van der Waals surface area contributed by atoms with Gasteiger partial charge in [0.15, 0.2) is 0 Å². The van der Waals surface area contributed by atoms with E-state index in [9.17, 15) is 4.79 Å². The third-order valence-corrected chi connectivity index (χ3v) is 5.30. The number of carbonyl (C=O) groups excluding carboxylic acids is 1. The minimum absolute atomic E-state index is 0. The van der Waals surface area contributed by atoms with Gasteiger partial charge in [0.05, 0.1) is 19.6 Å². The molecule has 2 heterocycles. The highest BCUT2D eigenvalue weighted by Crippen LogP contribution is 2.31. The van der Waals surface area contributed by atoms with Crippen LogP contribution in [-0.2, 0) is 16.0 Å². The Morgan fingerprint density at radius 1 is 1.35 bits per heavy atom. The molecule has 0 radical (unpaired) electrons. The average Bonchev–Trinajstić information content (AvgIpc) is 2.66. The van der Waals surface area contributed by atoms with Crippen LogP contribution in [0.4, 0.5) is 0 Å². The summed E-state index contributed by atoms with van der Waals surface area (Å²) >= 11 is 0. The van der Waals surface area contributed by atoms with Crippen LogP contribution in [-0.4, -0.2) is 53.0 Å². The quantitative estimate of drug-likeness (QED) is 0.782. The van der Waals surface area contributed by atoms with Crippen LogP contribution in [0.1, 0.15) is 18.4 Å². The van der Waals surface area contributed by atoms with E-state index < -0.39 is 0 Å². The summed E-state index contributed by atoms with van der Waals surface area (Å²) in [5.74, 6) is 1.53. The third-order valence-electron chi connectivity index (χ3n) is 5.30. The molecule has 6 nitrogen and oxygen atoms in total. The Hall–Kier alpha value is -1.50. The van der Waals surface area contributed by atoms with Gasteiger partial charge in [-0.2, -0.15) is 0 Å². The summed E-state index contributed by atoms with van der Waals surface area (Å²) in [6, 6.07) is 5.74. The van der Waals surface area contributed by atoms with Gasteiger partial charge in [-0.3, -0.25) is 4.79 Å². The second-order valence-electron chi connectivity index (χ2n) is 7.09. The lowest BCUT2D eigenvalue weighted by Gasteiger charge is -2.37. The zero-order valence-electron chi connectivity index (χ0n) is 15.5. The SMILES string of the molecule is COCC1(CNC(=O)C2COc3ccc(OC)cc3C2)CCNCC1.Cl. The molecule has 1 amide bonds. The van der Waals surface area contributed by atoms with Crippen molar-refractivity contribution in [2.24, 2.45) is 11.3 Å². The van der Waals surface area contributed by atoms with Gasteiger partial charge in [0.25, 0.3) is 0 Å². The lowest BCUT2D eigenvalue weighted by Crippen LogP contribution is -2.49. The number of methoxy groups -OCH3 is 2. The maximum atomic E-state index is 12.7. The zero-order chi connectivity index (χ0) is 17.7. The molecule has 26 heavy (non-hydrogen) atoms. The van der Waals surface area contributed by atoms with Crippen molar-refractivity contribution in [2.45, 2.75) is 19.3 Å². The van der Waals surface area contributed by atoms with Crippen LogP contribution in [0.3, 0.4) is 0 Å². The topological polar surface area (TPSA) is 68.8 Å². The number of fused-ring (bicyclic) bond motifs is 1. The molecule has 1 atom stereocenters. The highest BCUT2D eigenvalue weighted by Gasteiger charge is 2.34. The van der Waals surface area contributed by atoms with Gasteiger partial charge in [-0.15, -0.1) is 12.4 Å². The van der Waals surface area contributed by atoms with Crippen molar-refractivity contribution in [2.75, 3.05) is 47.1 Å². The van der Waals surface area contributed by atoms with Crippen molar-refractivity contribution in [1.82, 2.24) is 10.6 Å². The lowest BCUT2D eigenvalue weighted by molar-refractivity contribution is -0.127. The normalized spacial score (nSPS) is 20.9. The monoisotopic (exact) mass is 384 g/mol. The van der Waals surface area contributed by atoms with Crippen molar-refractivity contribution in [3.8, 4) is 11.5 Å². The first-order valence-corrected chi connectivity index (χ1v) is 8.93. The second kappa shape index (κ2) is 9.44. The first-order valence-electron chi connectivity index (χ1n) is 8.93. The predicted molar refractivity (Wildman–Crippen MR) is 102 cm³/mol. The number of hydrogen-bond donors (Lipinski definition) is 2. The number of benzene rings is 1. The summed E-state index contributed by atoms with van der Waals surface area (Å²) in [6.45, 7) is 3.70. The van der Waals surface area contributed by atoms with Crippen LogP contribution < -0.4 is 20.1 Å². The number of piperidine rings is 1. The summed E-state index contributed by atoms with van der Waals surface area (Å²) < 4.78 is 16.5. The van der Waals surface area contributed by atoms with E-state index in [-0.39, 0.29) is 29.6 Å². The van der Waals surface area contributed by atoms with E-state index in [2.05, 4.69) is 10.6 Å². The molecule has 0 aliphatic carbocycles. The largest absolute Gasteiger partial charge is 0.497 e. The molecule has 0 bridgehead atoms. The summed E-state index contributed by atoms with van der Waals surface area (Å²) in [4.78, 5) is 12.7. The van der Waals surface area contributed by atoms with Crippen LogP contribution in [0, 0.1) is 11.3 Å². The molecule has 1 aromatic carbocycles. The van der Waals surface area contributed by atoms with Gasteiger partial charge < -0.3 is 24.8 Å². The smallest absolute Gasteiger partial charge is 0.226 e. The molecule has 0 saturated carbocycles. The van der Waals surface area contributed by atoms with Crippen LogP contribution >= 0.6 is 12.4 Å². The molecule has 2 aliphatic rings. The molecule has 0 spiro atoms. The van der Waals surface area contributed by atoms with Crippen LogP contribution in [0.15, 0.2) is 18.2 Å². The second-order valence-corrected chi connectivity index (χ2v) is 7.09. The summed E-state index contributed by atoms with van der Waals surface area (Å²) in [7, 11) is 3.37. The molecular weight excluding hydrogens is 356 g/mol.